The third-order valence-electron chi connectivity index (χ3n) is 6.01. The van der Waals surface area contributed by atoms with Crippen molar-refractivity contribution >= 4 is 17.5 Å². The van der Waals surface area contributed by atoms with Crippen molar-refractivity contribution in [3.63, 3.8) is 0 Å². The molecule has 0 bridgehead atoms. The van der Waals surface area contributed by atoms with Crippen LogP contribution in [0.5, 0.6) is 5.75 Å². The number of hydrogen-bond acceptors (Lipinski definition) is 6. The average Bonchev–Trinajstić information content (AvgIpc) is 3.39. The van der Waals surface area contributed by atoms with E-state index in [4.69, 9.17) is 4.74 Å². The molecule has 0 aliphatic carbocycles. The monoisotopic (exact) mass is 516 g/mol. The van der Waals surface area contributed by atoms with Crippen LogP contribution in [0.1, 0.15) is 24.5 Å². The quantitative estimate of drug-likeness (QED) is 0.343. The second kappa shape index (κ2) is 12.1. The summed E-state index contributed by atoms with van der Waals surface area (Å²) in [6, 6.07) is 19.8. The Morgan fingerprint density at radius 3 is 2.50 bits per heavy atom. The molecule has 0 aliphatic heterocycles. The zero-order valence-corrected chi connectivity index (χ0v) is 21.5. The molecule has 1 heterocycles. The Bertz CT molecular complexity index is 1390. The summed E-state index contributed by atoms with van der Waals surface area (Å²) in [6.07, 6.45) is 0.356. The van der Waals surface area contributed by atoms with E-state index in [0.29, 0.717) is 30.0 Å². The van der Waals surface area contributed by atoms with Crippen LogP contribution in [0.2, 0.25) is 0 Å². The zero-order valence-electron chi connectivity index (χ0n) is 21.5. The number of rotatable bonds is 10. The molecular formula is C28H29FN6O3. The van der Waals surface area contributed by atoms with Gasteiger partial charge in [0, 0.05) is 12.1 Å². The van der Waals surface area contributed by atoms with Gasteiger partial charge >= 0.3 is 0 Å². The van der Waals surface area contributed by atoms with E-state index < -0.39 is 11.9 Å². The molecule has 38 heavy (non-hydrogen) atoms. The Morgan fingerprint density at radius 2 is 1.82 bits per heavy atom. The first kappa shape index (κ1) is 26.5. The van der Waals surface area contributed by atoms with Crippen LogP contribution in [-0.2, 0) is 22.7 Å². The fraction of sp³-hybridized carbons (Fsp3) is 0.250. The van der Waals surface area contributed by atoms with Crippen LogP contribution in [0.4, 0.5) is 10.1 Å². The van der Waals surface area contributed by atoms with Gasteiger partial charge in [-0.3, -0.25) is 14.5 Å². The van der Waals surface area contributed by atoms with Gasteiger partial charge in [-0.1, -0.05) is 43.3 Å². The Labute approximate surface area is 220 Å². The standard InChI is InChI=1S/C28H29FN6O3/c1-4-23(28(37)30-17-20-8-6-5-7-9-20)35(24-16-19(2)10-15-25(24)38-3)26(36)18-34-32-27(31-33-34)21-11-13-22(29)14-12-21/h5-16,23H,4,17-18H2,1-3H3,(H,30,37)/t23-/m1/s1. The van der Waals surface area contributed by atoms with Crippen LogP contribution in [-0.4, -0.2) is 45.2 Å². The molecule has 196 valence electrons. The van der Waals surface area contributed by atoms with Gasteiger partial charge in [0.15, 0.2) is 0 Å². The summed E-state index contributed by atoms with van der Waals surface area (Å²) in [5.74, 6) is -0.386. The molecule has 0 aliphatic rings. The van der Waals surface area contributed by atoms with Crippen molar-refractivity contribution in [2.75, 3.05) is 12.0 Å². The molecule has 0 saturated carbocycles. The van der Waals surface area contributed by atoms with E-state index >= 15 is 0 Å². The largest absolute Gasteiger partial charge is 0.495 e. The van der Waals surface area contributed by atoms with Gasteiger partial charge in [-0.05, 0) is 66.1 Å². The SMILES string of the molecule is CC[C@H](C(=O)NCc1ccccc1)N(C(=O)Cn1nnc(-c2ccc(F)cc2)n1)c1cc(C)ccc1OC. The number of nitrogens with zero attached hydrogens (tertiary/aromatic N) is 5. The molecule has 1 atom stereocenters. The van der Waals surface area contributed by atoms with Crippen molar-refractivity contribution in [2.24, 2.45) is 0 Å². The zero-order chi connectivity index (χ0) is 27.1. The summed E-state index contributed by atoms with van der Waals surface area (Å²) in [5, 5.41) is 15.2. The number of aromatic nitrogens is 4. The van der Waals surface area contributed by atoms with Gasteiger partial charge in [0.2, 0.25) is 11.7 Å². The molecule has 0 unspecified atom stereocenters. The summed E-state index contributed by atoms with van der Waals surface area (Å²) >= 11 is 0. The van der Waals surface area contributed by atoms with Gasteiger partial charge in [0.1, 0.15) is 24.2 Å². The van der Waals surface area contributed by atoms with Crippen LogP contribution in [0.15, 0.2) is 72.8 Å². The van der Waals surface area contributed by atoms with E-state index in [1.165, 1.54) is 36.3 Å². The molecule has 4 rings (SSSR count). The molecule has 10 heteroatoms. The van der Waals surface area contributed by atoms with E-state index in [1.807, 2.05) is 56.3 Å². The van der Waals surface area contributed by atoms with E-state index in [0.717, 1.165) is 15.9 Å². The summed E-state index contributed by atoms with van der Waals surface area (Å²) in [7, 11) is 1.52. The van der Waals surface area contributed by atoms with Crippen LogP contribution < -0.4 is 15.0 Å². The Balaban J connectivity index is 1.62. The molecule has 4 aromatic rings. The maximum atomic E-state index is 13.8. The van der Waals surface area contributed by atoms with Gasteiger partial charge in [-0.15, -0.1) is 10.2 Å². The third kappa shape index (κ3) is 6.20. The average molecular weight is 517 g/mol. The van der Waals surface area contributed by atoms with Gasteiger partial charge in [-0.25, -0.2) is 4.39 Å². The second-order valence-electron chi connectivity index (χ2n) is 8.72. The van der Waals surface area contributed by atoms with Crippen molar-refractivity contribution in [3.05, 3.63) is 89.7 Å². The number of hydrogen-bond donors (Lipinski definition) is 1. The Morgan fingerprint density at radius 1 is 1.08 bits per heavy atom. The van der Waals surface area contributed by atoms with Crippen molar-refractivity contribution < 1.29 is 18.7 Å². The number of halogens is 1. The van der Waals surface area contributed by atoms with Crippen LogP contribution >= 0.6 is 0 Å². The number of anilines is 1. The van der Waals surface area contributed by atoms with Crippen LogP contribution in [0.25, 0.3) is 11.4 Å². The Hall–Kier alpha value is -4.60. The lowest BCUT2D eigenvalue weighted by Gasteiger charge is -2.31. The minimum absolute atomic E-state index is 0.255. The molecule has 1 N–H and O–H groups in total. The molecule has 2 amide bonds. The van der Waals surface area contributed by atoms with E-state index in [-0.39, 0.29) is 24.1 Å². The number of carbonyl (C=O) groups excluding carboxylic acids is 2. The van der Waals surface area contributed by atoms with Crippen LogP contribution in [0, 0.1) is 12.7 Å². The summed E-state index contributed by atoms with van der Waals surface area (Å²) < 4.78 is 18.8. The highest BCUT2D eigenvalue weighted by Gasteiger charge is 2.32. The predicted octanol–water partition coefficient (Wildman–Crippen LogP) is 3.92. The van der Waals surface area contributed by atoms with Crippen molar-refractivity contribution in [1.29, 1.82) is 0 Å². The molecule has 0 fully saturated rings. The number of ether oxygens (including phenoxy) is 1. The minimum atomic E-state index is -0.818. The number of amides is 2. The lowest BCUT2D eigenvalue weighted by molar-refractivity contribution is -0.127. The number of carbonyl (C=O) groups is 2. The van der Waals surface area contributed by atoms with E-state index in [9.17, 15) is 14.0 Å². The highest BCUT2D eigenvalue weighted by molar-refractivity contribution is 6.01. The first-order chi connectivity index (χ1) is 18.4. The number of methoxy groups -OCH3 is 1. The highest BCUT2D eigenvalue weighted by Crippen LogP contribution is 2.32. The van der Waals surface area contributed by atoms with E-state index in [2.05, 4.69) is 20.7 Å². The smallest absolute Gasteiger partial charge is 0.251 e. The summed E-state index contributed by atoms with van der Waals surface area (Å²) in [4.78, 5) is 29.8. The van der Waals surface area contributed by atoms with E-state index in [1.54, 1.807) is 6.07 Å². The fourth-order valence-electron chi connectivity index (χ4n) is 4.07. The predicted molar refractivity (Wildman–Crippen MR) is 141 cm³/mol. The Kier molecular flexibility index (Phi) is 8.42. The van der Waals surface area contributed by atoms with Gasteiger partial charge in [0.05, 0.1) is 12.8 Å². The number of aryl methyl sites for hydroxylation is 1. The maximum Gasteiger partial charge on any atom is 0.251 e. The number of tetrazole rings is 1. The van der Waals surface area contributed by atoms with Crippen LogP contribution in [0.3, 0.4) is 0 Å². The minimum Gasteiger partial charge on any atom is -0.495 e. The summed E-state index contributed by atoms with van der Waals surface area (Å²) in [5.41, 5.74) is 2.88. The lowest BCUT2D eigenvalue weighted by Crippen LogP contribution is -2.50. The topological polar surface area (TPSA) is 102 Å². The lowest BCUT2D eigenvalue weighted by atomic mass is 10.1. The molecule has 0 spiro atoms. The number of nitrogens with one attached hydrogen (secondary N) is 1. The third-order valence-corrected chi connectivity index (χ3v) is 6.01. The first-order valence-electron chi connectivity index (χ1n) is 12.2. The maximum absolute atomic E-state index is 13.8. The number of benzene rings is 3. The van der Waals surface area contributed by atoms with Gasteiger partial charge < -0.3 is 10.1 Å². The fourth-order valence-corrected chi connectivity index (χ4v) is 4.07. The highest BCUT2D eigenvalue weighted by atomic mass is 19.1. The van der Waals surface area contributed by atoms with Gasteiger partial charge in [0.25, 0.3) is 5.91 Å². The van der Waals surface area contributed by atoms with Crippen molar-refractivity contribution in [2.45, 2.75) is 39.4 Å². The van der Waals surface area contributed by atoms with Crippen molar-refractivity contribution in [3.8, 4) is 17.1 Å². The molecule has 3 aromatic carbocycles. The molecule has 1 aromatic heterocycles. The first-order valence-corrected chi connectivity index (χ1v) is 12.2. The molecule has 0 radical (unpaired) electrons. The second-order valence-corrected chi connectivity index (χ2v) is 8.72. The molecular weight excluding hydrogens is 487 g/mol. The van der Waals surface area contributed by atoms with Crippen molar-refractivity contribution in [1.82, 2.24) is 25.5 Å². The molecule has 0 saturated heterocycles. The summed E-state index contributed by atoms with van der Waals surface area (Å²) in [6.45, 7) is 3.80. The van der Waals surface area contributed by atoms with Gasteiger partial charge in [-0.2, -0.15) is 4.80 Å². The molecule has 9 nitrogen and oxygen atoms in total. The normalized spacial score (nSPS) is 11.6.